The quantitative estimate of drug-likeness (QED) is 0.406. The number of hydrogen-bond donors (Lipinski definition) is 3. The Kier molecular flexibility index (Phi) is 5.69. The lowest BCUT2D eigenvalue weighted by molar-refractivity contribution is 0.424. The zero-order chi connectivity index (χ0) is 23.7. The van der Waals surface area contributed by atoms with Crippen molar-refractivity contribution in [2.24, 2.45) is 0 Å². The lowest BCUT2D eigenvalue weighted by Gasteiger charge is -2.29. The molecule has 3 N–H and O–H groups in total. The highest BCUT2D eigenvalue weighted by Gasteiger charge is 2.20. The molecule has 0 unspecified atom stereocenters. The molecule has 10 heteroatoms. The highest BCUT2D eigenvalue weighted by molar-refractivity contribution is 5.83. The molecule has 2 aromatic carbocycles. The first-order valence-electron chi connectivity index (χ1n) is 10.8. The molecule has 3 heterocycles. The van der Waals surface area contributed by atoms with Crippen LogP contribution in [0.1, 0.15) is 11.3 Å². The monoisotopic (exact) mass is 461 g/mol. The molecule has 2 aromatic heterocycles. The molecular formula is C24H21F2N7O. The average molecular weight is 461 g/mol. The van der Waals surface area contributed by atoms with Crippen molar-refractivity contribution in [3.63, 3.8) is 0 Å². The highest BCUT2D eigenvalue weighted by Crippen LogP contribution is 2.34. The van der Waals surface area contributed by atoms with Crippen molar-refractivity contribution in [1.29, 1.82) is 5.26 Å². The zero-order valence-electron chi connectivity index (χ0n) is 18.3. The summed E-state index contributed by atoms with van der Waals surface area (Å²) in [5.74, 6) is -1.77. The molecular weight excluding hydrogens is 440 g/mol. The number of ether oxygens (including phenoxy) is 1. The third kappa shape index (κ3) is 4.09. The summed E-state index contributed by atoms with van der Waals surface area (Å²) in [5, 5.41) is 16.2. The van der Waals surface area contributed by atoms with Gasteiger partial charge in [0.25, 0.3) is 0 Å². The van der Waals surface area contributed by atoms with Crippen LogP contribution in [0.4, 0.5) is 26.0 Å². The Morgan fingerprint density at radius 2 is 1.88 bits per heavy atom. The normalized spacial score (nSPS) is 13.6. The van der Waals surface area contributed by atoms with Crippen LogP contribution < -0.4 is 20.3 Å². The summed E-state index contributed by atoms with van der Waals surface area (Å²) in [6.07, 6.45) is 1.20. The van der Waals surface area contributed by atoms with E-state index in [0.29, 0.717) is 11.4 Å². The number of aromatic amines is 1. The van der Waals surface area contributed by atoms with E-state index in [2.05, 4.69) is 30.5 Å². The van der Waals surface area contributed by atoms with Gasteiger partial charge in [-0.15, -0.1) is 0 Å². The van der Waals surface area contributed by atoms with Gasteiger partial charge in [0.15, 0.2) is 28.8 Å². The summed E-state index contributed by atoms with van der Waals surface area (Å²) >= 11 is 0. The van der Waals surface area contributed by atoms with Gasteiger partial charge in [-0.2, -0.15) is 5.26 Å². The van der Waals surface area contributed by atoms with Crippen LogP contribution in [0.5, 0.6) is 11.6 Å². The maximum atomic E-state index is 15.0. The van der Waals surface area contributed by atoms with Gasteiger partial charge >= 0.3 is 0 Å². The van der Waals surface area contributed by atoms with E-state index in [0.717, 1.165) is 37.9 Å². The van der Waals surface area contributed by atoms with Crippen molar-refractivity contribution in [2.75, 3.05) is 36.4 Å². The maximum absolute atomic E-state index is 15.0. The molecule has 5 rings (SSSR count). The number of hydrogen-bond acceptors (Lipinski definition) is 7. The number of benzene rings is 2. The number of aryl methyl sites for hydroxylation is 1. The Bertz CT molecular complexity index is 1390. The molecule has 0 saturated carbocycles. The zero-order valence-corrected chi connectivity index (χ0v) is 18.3. The Labute approximate surface area is 194 Å². The van der Waals surface area contributed by atoms with Gasteiger partial charge in [-0.05, 0) is 37.3 Å². The second-order valence-corrected chi connectivity index (χ2v) is 7.94. The number of fused-ring (bicyclic) bond motifs is 1. The van der Waals surface area contributed by atoms with Gasteiger partial charge in [-0.25, -0.2) is 18.7 Å². The van der Waals surface area contributed by atoms with E-state index in [9.17, 15) is 14.0 Å². The molecule has 172 valence electrons. The summed E-state index contributed by atoms with van der Waals surface area (Å²) in [4.78, 5) is 13.2. The lowest BCUT2D eigenvalue weighted by Crippen LogP contribution is -2.43. The van der Waals surface area contributed by atoms with Crippen molar-refractivity contribution in [2.45, 2.75) is 6.92 Å². The Morgan fingerprint density at radius 3 is 2.62 bits per heavy atom. The van der Waals surface area contributed by atoms with Crippen LogP contribution in [0.15, 0.2) is 42.7 Å². The summed E-state index contributed by atoms with van der Waals surface area (Å²) in [6, 6.07) is 12.2. The van der Waals surface area contributed by atoms with Crippen LogP contribution in [0.25, 0.3) is 10.9 Å². The highest BCUT2D eigenvalue weighted by atomic mass is 19.1. The number of piperazine rings is 1. The SMILES string of the molecule is Cc1cc2c(F)c(Oc3ncnc(Nc4ccc(N5CCNCC5)cc4)c3C#N)cc(F)c2[nH]1. The number of nitrogens with zero attached hydrogens (tertiary/aromatic N) is 4. The molecule has 0 atom stereocenters. The number of aromatic nitrogens is 3. The van der Waals surface area contributed by atoms with Crippen LogP contribution >= 0.6 is 0 Å². The van der Waals surface area contributed by atoms with E-state index < -0.39 is 11.6 Å². The predicted molar refractivity (Wildman–Crippen MR) is 125 cm³/mol. The molecule has 0 bridgehead atoms. The summed E-state index contributed by atoms with van der Waals surface area (Å²) in [5.41, 5.74) is 2.45. The van der Waals surface area contributed by atoms with E-state index in [1.165, 1.54) is 12.4 Å². The Balaban J connectivity index is 1.41. The third-order valence-electron chi connectivity index (χ3n) is 5.64. The topological polar surface area (TPSA) is 102 Å². The fraction of sp³-hybridized carbons (Fsp3) is 0.208. The number of nitrogens with one attached hydrogen (secondary N) is 3. The van der Waals surface area contributed by atoms with E-state index in [1.807, 2.05) is 30.3 Å². The molecule has 0 aliphatic carbocycles. The first-order valence-corrected chi connectivity index (χ1v) is 10.8. The minimum Gasteiger partial charge on any atom is -0.434 e. The van der Waals surface area contributed by atoms with E-state index >= 15 is 0 Å². The number of rotatable bonds is 5. The molecule has 0 radical (unpaired) electrons. The van der Waals surface area contributed by atoms with Crippen molar-refractivity contribution in [3.8, 4) is 17.7 Å². The fourth-order valence-electron chi connectivity index (χ4n) is 3.97. The average Bonchev–Trinajstić information content (AvgIpc) is 3.26. The summed E-state index contributed by atoms with van der Waals surface area (Å²) < 4.78 is 35.0. The van der Waals surface area contributed by atoms with Crippen LogP contribution in [-0.4, -0.2) is 41.1 Å². The second kappa shape index (κ2) is 8.96. The number of H-pyrrole nitrogens is 1. The van der Waals surface area contributed by atoms with Crippen LogP contribution in [0.3, 0.4) is 0 Å². The third-order valence-corrected chi connectivity index (χ3v) is 5.64. The van der Waals surface area contributed by atoms with Crippen molar-refractivity contribution >= 4 is 28.1 Å². The largest absolute Gasteiger partial charge is 0.434 e. The number of halogens is 2. The van der Waals surface area contributed by atoms with Gasteiger partial charge < -0.3 is 25.3 Å². The van der Waals surface area contributed by atoms with Gasteiger partial charge in [-0.1, -0.05) is 0 Å². The first-order chi connectivity index (χ1) is 16.5. The maximum Gasteiger partial charge on any atom is 0.242 e. The molecule has 8 nitrogen and oxygen atoms in total. The molecule has 1 saturated heterocycles. The smallest absolute Gasteiger partial charge is 0.242 e. The summed E-state index contributed by atoms with van der Waals surface area (Å²) in [6.45, 7) is 5.45. The molecule has 1 aliphatic rings. The second-order valence-electron chi connectivity index (χ2n) is 7.94. The van der Waals surface area contributed by atoms with E-state index in [4.69, 9.17) is 4.74 Å². The number of anilines is 3. The minimum absolute atomic E-state index is 0.0289. The minimum atomic E-state index is -0.749. The molecule has 0 amide bonds. The molecule has 1 aliphatic heterocycles. The van der Waals surface area contributed by atoms with Crippen molar-refractivity contribution in [1.82, 2.24) is 20.3 Å². The molecule has 4 aromatic rings. The van der Waals surface area contributed by atoms with E-state index in [1.54, 1.807) is 6.92 Å². The van der Waals surface area contributed by atoms with Crippen LogP contribution in [-0.2, 0) is 0 Å². The Morgan fingerprint density at radius 1 is 1.12 bits per heavy atom. The number of nitriles is 1. The van der Waals surface area contributed by atoms with Gasteiger partial charge in [0.1, 0.15) is 12.4 Å². The van der Waals surface area contributed by atoms with Gasteiger partial charge in [-0.3, -0.25) is 0 Å². The van der Waals surface area contributed by atoms with Crippen molar-refractivity contribution < 1.29 is 13.5 Å². The predicted octanol–water partition coefficient (Wildman–Crippen LogP) is 4.36. The Hall–Kier alpha value is -4.23. The summed E-state index contributed by atoms with van der Waals surface area (Å²) in [7, 11) is 0. The van der Waals surface area contributed by atoms with Gasteiger partial charge in [0.05, 0.1) is 5.52 Å². The van der Waals surface area contributed by atoms with E-state index in [-0.39, 0.29) is 33.9 Å². The van der Waals surface area contributed by atoms with Crippen molar-refractivity contribution in [3.05, 3.63) is 65.6 Å². The lowest BCUT2D eigenvalue weighted by atomic mass is 10.2. The molecule has 1 fully saturated rings. The standard InChI is InChI=1S/C24H21F2N7O/c1-14-10-17-21(26)20(11-19(25)22(17)31-14)34-24-18(12-27)23(29-13-30-24)32-15-2-4-16(5-3-15)33-8-6-28-7-9-33/h2-5,10-11,13,28,31H,6-9H2,1H3,(H,29,30,32). The van der Waals surface area contributed by atoms with Crippen LogP contribution in [0, 0.1) is 29.9 Å². The van der Waals surface area contributed by atoms with Gasteiger partial charge in [0, 0.05) is 54.7 Å². The fourth-order valence-corrected chi connectivity index (χ4v) is 3.97. The molecule has 0 spiro atoms. The molecule has 34 heavy (non-hydrogen) atoms. The first kappa shape index (κ1) is 21.6. The van der Waals surface area contributed by atoms with Crippen LogP contribution in [0.2, 0.25) is 0 Å². The van der Waals surface area contributed by atoms with Gasteiger partial charge in [0.2, 0.25) is 5.88 Å².